The van der Waals surface area contributed by atoms with E-state index in [4.69, 9.17) is 5.26 Å². The molecule has 0 aromatic rings. The van der Waals surface area contributed by atoms with Crippen molar-refractivity contribution in [2.24, 2.45) is 5.41 Å². The first-order valence-electron chi connectivity index (χ1n) is 7.28. The fourth-order valence-corrected chi connectivity index (χ4v) is 3.07. The van der Waals surface area contributed by atoms with Crippen molar-refractivity contribution in [2.45, 2.75) is 64.8 Å². The molecule has 0 aliphatic carbocycles. The van der Waals surface area contributed by atoms with Crippen LogP contribution < -0.4 is 0 Å². The van der Waals surface area contributed by atoms with Crippen LogP contribution in [0.25, 0.3) is 0 Å². The maximum Gasteiger partial charge on any atom is 0.324 e. The van der Waals surface area contributed by atoms with Crippen molar-refractivity contribution < 1.29 is 9.90 Å². The Morgan fingerprint density at radius 2 is 2.21 bits per heavy atom. The van der Waals surface area contributed by atoms with Crippen molar-refractivity contribution in [3.63, 3.8) is 0 Å². The van der Waals surface area contributed by atoms with Gasteiger partial charge in [-0.25, -0.2) is 0 Å². The monoisotopic (exact) mass is 266 g/mol. The molecule has 1 heterocycles. The Labute approximate surface area is 116 Å². The summed E-state index contributed by atoms with van der Waals surface area (Å²) >= 11 is 0. The number of carboxylic acids is 1. The van der Waals surface area contributed by atoms with E-state index in [1.54, 1.807) is 0 Å². The molecular weight excluding hydrogens is 240 g/mol. The summed E-state index contributed by atoms with van der Waals surface area (Å²) in [6, 6.07) is 2.30. The van der Waals surface area contributed by atoms with E-state index in [1.807, 2.05) is 20.8 Å². The molecule has 1 aliphatic heterocycles. The van der Waals surface area contributed by atoms with Gasteiger partial charge in [-0.15, -0.1) is 0 Å². The molecule has 0 amide bonds. The second-order valence-electron chi connectivity index (χ2n) is 6.28. The minimum absolute atomic E-state index is 0.309. The zero-order chi connectivity index (χ0) is 14.5. The Morgan fingerprint density at radius 3 is 2.74 bits per heavy atom. The highest BCUT2D eigenvalue weighted by atomic mass is 16.4. The van der Waals surface area contributed by atoms with E-state index in [1.165, 1.54) is 0 Å². The number of hydrogen-bond donors (Lipinski definition) is 1. The molecule has 0 bridgehead atoms. The lowest BCUT2D eigenvalue weighted by Gasteiger charge is -2.35. The fraction of sp³-hybridized carbons (Fsp3) is 0.867. The van der Waals surface area contributed by atoms with Crippen LogP contribution in [0.5, 0.6) is 0 Å². The number of hydrogen-bond acceptors (Lipinski definition) is 3. The summed E-state index contributed by atoms with van der Waals surface area (Å²) in [5.74, 6) is -0.675. The lowest BCUT2D eigenvalue weighted by Crippen LogP contribution is -2.50. The largest absolute Gasteiger partial charge is 0.480 e. The van der Waals surface area contributed by atoms with Gasteiger partial charge in [-0.05, 0) is 59.0 Å². The third-order valence-electron chi connectivity index (χ3n) is 4.22. The van der Waals surface area contributed by atoms with Gasteiger partial charge in [0, 0.05) is 0 Å². The highest BCUT2D eigenvalue weighted by Gasteiger charge is 2.46. The molecule has 19 heavy (non-hydrogen) atoms. The first kappa shape index (κ1) is 16.0. The average Bonchev–Trinajstić information content (AvgIpc) is 2.74. The summed E-state index contributed by atoms with van der Waals surface area (Å²) in [5, 5.41) is 18.6. The van der Waals surface area contributed by atoms with Crippen LogP contribution >= 0.6 is 0 Å². The van der Waals surface area contributed by atoms with E-state index in [0.717, 1.165) is 51.6 Å². The number of rotatable bonds is 7. The normalized spacial score (nSPS) is 24.3. The summed E-state index contributed by atoms with van der Waals surface area (Å²) in [6.07, 6.45) is 5.06. The van der Waals surface area contributed by atoms with Crippen LogP contribution in [0, 0.1) is 16.7 Å². The molecule has 1 aliphatic rings. The fourth-order valence-electron chi connectivity index (χ4n) is 3.07. The molecule has 4 nitrogen and oxygen atoms in total. The highest BCUT2D eigenvalue weighted by Crippen LogP contribution is 2.34. The molecule has 0 radical (unpaired) electrons. The molecule has 1 saturated heterocycles. The predicted molar refractivity (Wildman–Crippen MR) is 74.7 cm³/mol. The first-order valence-corrected chi connectivity index (χ1v) is 7.28. The van der Waals surface area contributed by atoms with Gasteiger partial charge in [-0.2, -0.15) is 5.26 Å². The molecule has 1 rings (SSSR count). The average molecular weight is 266 g/mol. The van der Waals surface area contributed by atoms with E-state index in [9.17, 15) is 9.90 Å². The van der Waals surface area contributed by atoms with E-state index >= 15 is 0 Å². The van der Waals surface area contributed by atoms with Crippen molar-refractivity contribution >= 4 is 5.97 Å². The summed E-state index contributed by atoms with van der Waals surface area (Å²) in [6.45, 7) is 7.58. The van der Waals surface area contributed by atoms with Crippen LogP contribution in [0.2, 0.25) is 0 Å². The van der Waals surface area contributed by atoms with E-state index < -0.39 is 11.5 Å². The molecule has 1 atom stereocenters. The summed E-state index contributed by atoms with van der Waals surface area (Å²) in [4.78, 5) is 13.8. The minimum Gasteiger partial charge on any atom is -0.480 e. The standard InChI is InChI=1S/C15H26N2O2/c1-4-7-15(13(18)19)9-6-11-17(15)10-5-8-14(2,3)12-16/h4-11H2,1-3H3,(H,18,19). The summed E-state index contributed by atoms with van der Waals surface area (Å²) in [7, 11) is 0. The number of carbonyl (C=O) groups is 1. The van der Waals surface area contributed by atoms with Gasteiger partial charge in [-0.3, -0.25) is 9.69 Å². The van der Waals surface area contributed by atoms with E-state index in [-0.39, 0.29) is 5.41 Å². The SMILES string of the molecule is CCCC1(C(=O)O)CCCN1CCCC(C)(C)C#N. The number of nitriles is 1. The maximum atomic E-state index is 11.6. The maximum absolute atomic E-state index is 11.6. The molecule has 108 valence electrons. The van der Waals surface area contributed by atoms with Gasteiger partial charge in [0.05, 0.1) is 11.5 Å². The van der Waals surface area contributed by atoms with Crippen molar-refractivity contribution in [3.05, 3.63) is 0 Å². The van der Waals surface area contributed by atoms with Crippen molar-refractivity contribution in [2.75, 3.05) is 13.1 Å². The molecule has 0 saturated carbocycles. The zero-order valence-corrected chi connectivity index (χ0v) is 12.4. The lowest BCUT2D eigenvalue weighted by molar-refractivity contribution is -0.150. The molecular formula is C15H26N2O2. The number of likely N-dealkylation sites (tertiary alicyclic amines) is 1. The molecule has 1 unspecified atom stereocenters. The molecule has 1 fully saturated rings. The van der Waals surface area contributed by atoms with Crippen molar-refractivity contribution in [1.82, 2.24) is 4.90 Å². The van der Waals surface area contributed by atoms with Crippen LogP contribution in [0.1, 0.15) is 59.3 Å². The Hall–Kier alpha value is -1.08. The van der Waals surface area contributed by atoms with Crippen LogP contribution in [-0.2, 0) is 4.79 Å². The second kappa shape index (κ2) is 6.38. The Bertz CT molecular complexity index is 360. The highest BCUT2D eigenvalue weighted by molar-refractivity contribution is 5.79. The van der Waals surface area contributed by atoms with Gasteiger partial charge in [-0.1, -0.05) is 13.3 Å². The Balaban J connectivity index is 2.61. The number of carboxylic acid groups (broad SMARTS) is 1. The topological polar surface area (TPSA) is 64.3 Å². The van der Waals surface area contributed by atoms with Crippen molar-refractivity contribution in [3.8, 4) is 6.07 Å². The van der Waals surface area contributed by atoms with Crippen LogP contribution in [0.3, 0.4) is 0 Å². The zero-order valence-electron chi connectivity index (χ0n) is 12.4. The molecule has 0 aromatic heterocycles. The third kappa shape index (κ3) is 3.70. The van der Waals surface area contributed by atoms with Gasteiger partial charge >= 0.3 is 5.97 Å². The molecule has 1 N–H and O–H groups in total. The Morgan fingerprint density at radius 1 is 1.53 bits per heavy atom. The van der Waals surface area contributed by atoms with E-state index in [0.29, 0.717) is 0 Å². The van der Waals surface area contributed by atoms with Crippen LogP contribution in [0.15, 0.2) is 0 Å². The lowest BCUT2D eigenvalue weighted by atomic mass is 9.88. The van der Waals surface area contributed by atoms with Crippen LogP contribution in [0.4, 0.5) is 0 Å². The Kier molecular flexibility index (Phi) is 5.37. The van der Waals surface area contributed by atoms with Gasteiger partial charge < -0.3 is 5.11 Å². The smallest absolute Gasteiger partial charge is 0.324 e. The predicted octanol–water partition coefficient (Wildman–Crippen LogP) is 3.04. The van der Waals surface area contributed by atoms with Crippen LogP contribution in [-0.4, -0.2) is 34.6 Å². The number of nitrogens with zero attached hydrogens (tertiary/aromatic N) is 2. The number of aliphatic carboxylic acids is 1. The summed E-state index contributed by atoms with van der Waals surface area (Å²) in [5.41, 5.74) is -0.956. The van der Waals surface area contributed by atoms with Gasteiger partial charge in [0.25, 0.3) is 0 Å². The first-order chi connectivity index (χ1) is 8.88. The van der Waals surface area contributed by atoms with Gasteiger partial charge in [0.2, 0.25) is 0 Å². The molecule has 4 heteroatoms. The molecule has 0 aromatic carbocycles. The minimum atomic E-state index is -0.675. The molecule has 0 spiro atoms. The second-order valence-corrected chi connectivity index (χ2v) is 6.28. The van der Waals surface area contributed by atoms with Gasteiger partial charge in [0.15, 0.2) is 0 Å². The van der Waals surface area contributed by atoms with Crippen molar-refractivity contribution in [1.29, 1.82) is 5.26 Å². The van der Waals surface area contributed by atoms with E-state index in [2.05, 4.69) is 11.0 Å². The third-order valence-corrected chi connectivity index (χ3v) is 4.22. The quantitative estimate of drug-likeness (QED) is 0.769. The summed E-state index contributed by atoms with van der Waals surface area (Å²) < 4.78 is 0. The van der Waals surface area contributed by atoms with Gasteiger partial charge in [0.1, 0.15) is 5.54 Å².